The zero-order valence-corrected chi connectivity index (χ0v) is 17.3. The number of aromatic nitrogens is 1. The van der Waals surface area contributed by atoms with Crippen molar-refractivity contribution in [3.8, 4) is 11.5 Å². The minimum absolute atomic E-state index is 0.155. The average molecular weight is 475 g/mol. The molecular weight excluding hydrogens is 457 g/mol. The monoisotopic (exact) mass is 474 g/mol. The molecule has 0 saturated carbocycles. The van der Waals surface area contributed by atoms with Crippen molar-refractivity contribution in [2.75, 3.05) is 33.2 Å². The predicted octanol–water partition coefficient (Wildman–Crippen LogP) is 3.78. The van der Waals surface area contributed by atoms with Crippen LogP contribution in [0.1, 0.15) is 11.1 Å². The van der Waals surface area contributed by atoms with Gasteiger partial charge in [0.2, 0.25) is 0 Å². The summed E-state index contributed by atoms with van der Waals surface area (Å²) in [7, 11) is 4.69. The second-order valence-electron chi connectivity index (χ2n) is 5.91. The number of nitrogens with zero attached hydrogens (tertiary/aromatic N) is 3. The third kappa shape index (κ3) is 6.34. The van der Waals surface area contributed by atoms with Gasteiger partial charge in [0.25, 0.3) is 5.91 Å². The molecule has 156 valence electrons. The predicted molar refractivity (Wildman–Crippen MR) is 105 cm³/mol. The van der Waals surface area contributed by atoms with Crippen LogP contribution < -0.4 is 14.9 Å². The Morgan fingerprint density at radius 2 is 2.07 bits per heavy atom. The Hall–Kier alpha value is -2.82. The fourth-order valence-corrected chi connectivity index (χ4v) is 2.59. The van der Waals surface area contributed by atoms with Gasteiger partial charge in [0.15, 0.2) is 18.1 Å². The van der Waals surface area contributed by atoms with Crippen LogP contribution in [0.4, 0.5) is 19.0 Å². The summed E-state index contributed by atoms with van der Waals surface area (Å²) in [6, 6.07) is 5.40. The van der Waals surface area contributed by atoms with Gasteiger partial charge >= 0.3 is 6.18 Å². The highest BCUT2D eigenvalue weighted by molar-refractivity contribution is 9.10. The second-order valence-corrected chi connectivity index (χ2v) is 6.77. The van der Waals surface area contributed by atoms with E-state index in [9.17, 15) is 18.0 Å². The quantitative estimate of drug-likeness (QED) is 0.488. The van der Waals surface area contributed by atoms with Crippen molar-refractivity contribution in [1.82, 2.24) is 9.88 Å². The van der Waals surface area contributed by atoms with Crippen LogP contribution in [0.15, 0.2) is 40.0 Å². The molecule has 0 spiro atoms. The third-order valence-corrected chi connectivity index (χ3v) is 4.16. The van der Waals surface area contributed by atoms with Crippen LogP contribution >= 0.6 is 15.9 Å². The van der Waals surface area contributed by atoms with Crippen LogP contribution in [0.5, 0.6) is 11.5 Å². The van der Waals surface area contributed by atoms with Crippen molar-refractivity contribution in [1.29, 1.82) is 0 Å². The van der Waals surface area contributed by atoms with Gasteiger partial charge in [-0.1, -0.05) is 0 Å². The molecule has 1 aromatic heterocycles. The molecule has 0 aliphatic heterocycles. The molecule has 1 amide bonds. The normalized spacial score (nSPS) is 11.4. The molecule has 0 unspecified atom stereocenters. The first kappa shape index (κ1) is 22.5. The van der Waals surface area contributed by atoms with Gasteiger partial charge < -0.3 is 14.4 Å². The van der Waals surface area contributed by atoms with Gasteiger partial charge in [-0.05, 0) is 45.8 Å². The van der Waals surface area contributed by atoms with Crippen molar-refractivity contribution < 1.29 is 27.4 Å². The first-order chi connectivity index (χ1) is 13.6. The maximum atomic E-state index is 12.5. The number of carbonyl (C=O) groups excluding carboxylic acids is 1. The lowest BCUT2D eigenvalue weighted by Crippen LogP contribution is -2.27. The number of carbonyl (C=O) groups is 1. The fraction of sp³-hybridized carbons (Fsp3) is 0.278. The SMILES string of the molecule is COc1cc(/C=N/Nc2ccc(C(F)(F)F)cn2)cc(Br)c1OCC(=O)N(C)C. The summed E-state index contributed by atoms with van der Waals surface area (Å²) in [5.74, 6) is 0.678. The molecule has 0 fully saturated rings. The van der Waals surface area contributed by atoms with E-state index in [-0.39, 0.29) is 18.3 Å². The minimum atomic E-state index is -4.45. The molecule has 0 atom stereocenters. The summed E-state index contributed by atoms with van der Waals surface area (Å²) < 4.78 is 49.0. The number of nitrogens with one attached hydrogen (secondary N) is 1. The van der Waals surface area contributed by atoms with Crippen molar-refractivity contribution in [3.63, 3.8) is 0 Å². The van der Waals surface area contributed by atoms with Gasteiger partial charge in [0.1, 0.15) is 5.82 Å². The Bertz CT molecular complexity index is 887. The number of amides is 1. The van der Waals surface area contributed by atoms with E-state index in [1.165, 1.54) is 24.3 Å². The maximum Gasteiger partial charge on any atom is 0.417 e. The highest BCUT2D eigenvalue weighted by atomic mass is 79.9. The van der Waals surface area contributed by atoms with Crippen LogP contribution in [-0.2, 0) is 11.0 Å². The fourth-order valence-electron chi connectivity index (χ4n) is 2.02. The van der Waals surface area contributed by atoms with Gasteiger partial charge in [-0.15, -0.1) is 0 Å². The molecule has 1 N–H and O–H groups in total. The summed E-state index contributed by atoms with van der Waals surface area (Å²) in [6.07, 6.45) is -2.29. The lowest BCUT2D eigenvalue weighted by Gasteiger charge is -2.15. The van der Waals surface area contributed by atoms with E-state index in [0.29, 0.717) is 21.5 Å². The number of anilines is 1. The second kappa shape index (κ2) is 9.59. The molecule has 1 aromatic carbocycles. The molecule has 1 heterocycles. The highest BCUT2D eigenvalue weighted by Crippen LogP contribution is 2.36. The van der Waals surface area contributed by atoms with E-state index >= 15 is 0 Å². The number of pyridine rings is 1. The summed E-state index contributed by atoms with van der Waals surface area (Å²) in [4.78, 5) is 16.8. The van der Waals surface area contributed by atoms with E-state index in [1.54, 1.807) is 26.2 Å². The number of benzene rings is 1. The molecule has 11 heteroatoms. The zero-order chi connectivity index (χ0) is 21.6. The van der Waals surface area contributed by atoms with Crippen LogP contribution in [-0.4, -0.2) is 49.8 Å². The maximum absolute atomic E-state index is 12.5. The van der Waals surface area contributed by atoms with Gasteiger partial charge in [0.05, 0.1) is 23.4 Å². The number of ether oxygens (including phenoxy) is 2. The molecule has 2 rings (SSSR count). The summed E-state index contributed by atoms with van der Waals surface area (Å²) >= 11 is 3.36. The molecule has 0 radical (unpaired) electrons. The lowest BCUT2D eigenvalue weighted by molar-refractivity contribution is -0.137. The van der Waals surface area contributed by atoms with E-state index in [2.05, 4.69) is 31.4 Å². The number of halogens is 4. The third-order valence-electron chi connectivity index (χ3n) is 3.57. The van der Waals surface area contributed by atoms with Gasteiger partial charge in [-0.25, -0.2) is 4.98 Å². The number of hydrogen-bond donors (Lipinski definition) is 1. The molecule has 0 bridgehead atoms. The van der Waals surface area contributed by atoms with E-state index in [4.69, 9.17) is 9.47 Å². The molecule has 29 heavy (non-hydrogen) atoms. The number of hydrogen-bond acceptors (Lipinski definition) is 6. The van der Waals surface area contributed by atoms with Crippen molar-refractivity contribution >= 4 is 33.9 Å². The number of alkyl halides is 3. The molecule has 0 aliphatic carbocycles. The van der Waals surface area contributed by atoms with E-state index in [1.807, 2.05) is 0 Å². The van der Waals surface area contributed by atoms with Gasteiger partial charge in [-0.2, -0.15) is 18.3 Å². The van der Waals surface area contributed by atoms with Crippen LogP contribution in [0.3, 0.4) is 0 Å². The molecule has 0 saturated heterocycles. The summed E-state index contributed by atoms with van der Waals surface area (Å²) in [5.41, 5.74) is 2.32. The Morgan fingerprint density at radius 1 is 1.34 bits per heavy atom. The number of methoxy groups -OCH3 is 1. The summed E-state index contributed by atoms with van der Waals surface area (Å²) in [5, 5.41) is 3.95. The average Bonchev–Trinajstić information content (AvgIpc) is 2.66. The largest absolute Gasteiger partial charge is 0.493 e. The Balaban J connectivity index is 2.09. The van der Waals surface area contributed by atoms with E-state index in [0.717, 1.165) is 12.3 Å². The molecule has 0 aliphatic rings. The lowest BCUT2D eigenvalue weighted by atomic mass is 10.2. The van der Waals surface area contributed by atoms with Gasteiger partial charge in [0, 0.05) is 20.3 Å². The Kier molecular flexibility index (Phi) is 7.43. The summed E-state index contributed by atoms with van der Waals surface area (Å²) in [6.45, 7) is -0.156. The van der Waals surface area contributed by atoms with Crippen LogP contribution in [0.2, 0.25) is 0 Å². The van der Waals surface area contributed by atoms with Crippen molar-refractivity contribution in [2.24, 2.45) is 5.10 Å². The highest BCUT2D eigenvalue weighted by Gasteiger charge is 2.30. The Morgan fingerprint density at radius 3 is 2.62 bits per heavy atom. The zero-order valence-electron chi connectivity index (χ0n) is 15.7. The molecule has 7 nitrogen and oxygen atoms in total. The molecular formula is C18H18BrF3N4O3. The smallest absolute Gasteiger partial charge is 0.417 e. The minimum Gasteiger partial charge on any atom is -0.493 e. The van der Waals surface area contributed by atoms with Crippen LogP contribution in [0, 0.1) is 0 Å². The van der Waals surface area contributed by atoms with Crippen molar-refractivity contribution in [2.45, 2.75) is 6.18 Å². The number of hydrazone groups is 1. The van der Waals surface area contributed by atoms with Crippen LogP contribution in [0.25, 0.3) is 0 Å². The first-order valence-corrected chi connectivity index (χ1v) is 8.94. The van der Waals surface area contributed by atoms with E-state index < -0.39 is 11.7 Å². The first-order valence-electron chi connectivity index (χ1n) is 8.14. The Labute approximate surface area is 173 Å². The number of rotatable bonds is 7. The molecule has 2 aromatic rings. The number of likely N-dealkylation sites (N-methyl/N-ethyl adjacent to an activating group) is 1. The topological polar surface area (TPSA) is 76.0 Å². The van der Waals surface area contributed by atoms with Crippen molar-refractivity contribution in [3.05, 3.63) is 46.1 Å². The van der Waals surface area contributed by atoms with Gasteiger partial charge in [-0.3, -0.25) is 10.2 Å². The standard InChI is InChI=1S/C18H18BrF3N4O3/c1-26(2)16(27)10-29-17-13(19)6-11(7-14(17)28-3)8-24-25-15-5-4-12(9-23-15)18(20,21)22/h4-9H,10H2,1-3H3,(H,23,25)/b24-8+.